The van der Waals surface area contributed by atoms with Gasteiger partial charge < -0.3 is 38.2 Å². The molecule has 20 rings (SSSR count). The summed E-state index contributed by atoms with van der Waals surface area (Å²) in [6.07, 6.45) is 34.9. The van der Waals surface area contributed by atoms with Crippen molar-refractivity contribution in [3.05, 3.63) is 142 Å². The number of halogens is 5. The molecular weight excluding hydrogens is 1110 g/mol. The molecule has 16 aliphatic carbocycles. The molecule has 16 aliphatic rings. The largest absolute Gasteiger partial charge is 1.00 e. The molecule has 4 N–H and O–H groups in total. The Hall–Kier alpha value is -1.87. The maximum absolute atomic E-state index is 4.31. The third-order valence-electron chi connectivity index (χ3n) is 24.9. The lowest BCUT2D eigenvalue weighted by molar-refractivity contribution is -0.978. The zero-order valence-corrected chi connectivity index (χ0v) is 53.3. The Bertz CT molecular complexity index is 2310. The van der Waals surface area contributed by atoms with Gasteiger partial charge >= 0.3 is 0 Å². The van der Waals surface area contributed by atoms with Gasteiger partial charge in [-0.15, -0.1) is 49.6 Å². The van der Waals surface area contributed by atoms with E-state index >= 15 is 0 Å². The normalized spacial score (nSPS) is 38.4. The van der Waals surface area contributed by atoms with Gasteiger partial charge in [0.15, 0.2) is 0 Å². The molecule has 0 spiro atoms. The van der Waals surface area contributed by atoms with E-state index in [0.29, 0.717) is 22.2 Å². The standard InChI is InChI=1S/C72H96N5.5ClH/c1-5-49(41-73-69-29-57-17-58(30-69)19-59(18-57)31-69)13-53(9-1)45-77(46-54-10-2-6-50(14-54)42-74-70-32-60-20-61(33-70)22-62(21-60)34-70,47-55-11-3-7-51(15-55)43-75-71-35-63-23-64(36-71)25-65(24-63)37-71)48-56-12-4-8-52(16-56)44-76-72-38-66-26-67(39-72)28-68(27-66)40-72;;;;;/h1-16,57-68,73-76H,17-48H2;5*1H/q+1;;;;;/p-1. The van der Waals surface area contributed by atoms with Crippen LogP contribution in [0.2, 0.25) is 0 Å². The molecule has 448 valence electrons. The number of rotatable bonds is 20. The first-order valence-corrected chi connectivity index (χ1v) is 32.7. The summed E-state index contributed by atoms with van der Waals surface area (Å²) >= 11 is 0. The highest BCUT2D eigenvalue weighted by Crippen LogP contribution is 2.59. The van der Waals surface area contributed by atoms with Crippen LogP contribution < -0.4 is 33.7 Å². The lowest BCUT2D eigenvalue weighted by atomic mass is 9.53. The van der Waals surface area contributed by atoms with Gasteiger partial charge in [-0.2, -0.15) is 0 Å². The Balaban J connectivity index is 0.00000141. The van der Waals surface area contributed by atoms with Crippen molar-refractivity contribution >= 4 is 49.6 Å². The summed E-state index contributed by atoms with van der Waals surface area (Å²) < 4.78 is 0.968. The fraction of sp³-hybridized carbons (Fsp3) is 0.667. The summed E-state index contributed by atoms with van der Waals surface area (Å²) in [5.74, 6) is 11.5. The summed E-state index contributed by atoms with van der Waals surface area (Å²) in [5, 5.41) is 17.2. The average molecular weight is 1210 g/mol. The van der Waals surface area contributed by atoms with Gasteiger partial charge in [0, 0.05) is 70.6 Å². The molecule has 0 radical (unpaired) electrons. The van der Waals surface area contributed by atoms with Crippen molar-refractivity contribution in [1.82, 2.24) is 21.3 Å². The van der Waals surface area contributed by atoms with Crippen molar-refractivity contribution < 1.29 is 16.9 Å². The molecule has 82 heavy (non-hydrogen) atoms. The first kappa shape index (κ1) is 61.8. The molecule has 10 heteroatoms. The SMILES string of the molecule is Cl.Cl.Cl.Cl.[Cl-].c1cc(CNC23CC4CC(CC(C4)C2)C3)cc(C[N+](Cc2cccc(CNC34CC5CC(CC(C5)C3)C4)c2)(Cc2cccc(CNC34CC5CC(CC(C5)C3)C4)c2)Cc2cccc(CNC34CC5CC(CC(C5)C3)C4)c2)c1. The molecule has 0 aliphatic heterocycles. The van der Waals surface area contributed by atoms with Crippen LogP contribution in [0.25, 0.3) is 0 Å². The smallest absolute Gasteiger partial charge is 0.105 e. The molecule has 4 aromatic carbocycles. The molecular formula is C72H100Cl5N5. The second-order valence-electron chi connectivity index (χ2n) is 31.5. The van der Waals surface area contributed by atoms with Crippen LogP contribution >= 0.6 is 49.6 Å². The average Bonchev–Trinajstić information content (AvgIpc) is 2.58. The van der Waals surface area contributed by atoms with Gasteiger partial charge in [-0.3, -0.25) is 0 Å². The minimum Gasteiger partial charge on any atom is -1.00 e. The minimum absolute atomic E-state index is 0. The number of nitrogens with one attached hydrogen (secondary N) is 4. The third-order valence-corrected chi connectivity index (χ3v) is 24.9. The lowest BCUT2D eigenvalue weighted by Crippen LogP contribution is -3.00. The number of benzene rings is 4. The van der Waals surface area contributed by atoms with Gasteiger partial charge in [0.1, 0.15) is 26.2 Å². The van der Waals surface area contributed by atoms with Crippen molar-refractivity contribution in [2.75, 3.05) is 0 Å². The lowest BCUT2D eigenvalue weighted by Gasteiger charge is -2.57. The number of nitrogens with zero attached hydrogens (tertiary/aromatic N) is 1. The van der Waals surface area contributed by atoms with Gasteiger partial charge in [0.2, 0.25) is 0 Å². The van der Waals surface area contributed by atoms with E-state index in [0.717, 1.165) is 128 Å². The van der Waals surface area contributed by atoms with E-state index in [-0.39, 0.29) is 62.0 Å². The first-order valence-electron chi connectivity index (χ1n) is 32.7. The summed E-state index contributed by atoms with van der Waals surface area (Å²) in [6.45, 7) is 8.01. The van der Waals surface area contributed by atoms with Crippen LogP contribution in [-0.2, 0) is 52.4 Å². The molecule has 16 fully saturated rings. The van der Waals surface area contributed by atoms with Crippen molar-refractivity contribution in [3.63, 3.8) is 0 Å². The molecule has 5 nitrogen and oxygen atoms in total. The summed E-state index contributed by atoms with van der Waals surface area (Å²) in [4.78, 5) is 0. The van der Waals surface area contributed by atoms with Gasteiger partial charge in [-0.05, 0) is 272 Å². The second-order valence-corrected chi connectivity index (χ2v) is 31.5. The molecule has 0 aromatic heterocycles. The minimum atomic E-state index is 0. The zero-order valence-electron chi connectivity index (χ0n) is 49.3. The van der Waals surface area contributed by atoms with Crippen LogP contribution in [0.3, 0.4) is 0 Å². The van der Waals surface area contributed by atoms with Crippen LogP contribution in [0.4, 0.5) is 0 Å². The van der Waals surface area contributed by atoms with Crippen LogP contribution in [0, 0.1) is 71.0 Å². The topological polar surface area (TPSA) is 48.1 Å². The maximum atomic E-state index is 4.31. The second kappa shape index (κ2) is 24.6. The summed E-state index contributed by atoms with van der Waals surface area (Å²) in [7, 11) is 0. The van der Waals surface area contributed by atoms with Gasteiger partial charge in [0.05, 0.1) is 0 Å². The monoisotopic (exact) mass is 1210 g/mol. The molecule has 16 saturated carbocycles. The molecule has 0 heterocycles. The predicted octanol–water partition coefficient (Wildman–Crippen LogP) is 13.5. The van der Waals surface area contributed by atoms with Crippen LogP contribution in [-0.4, -0.2) is 26.6 Å². The van der Waals surface area contributed by atoms with Crippen molar-refractivity contribution in [1.29, 1.82) is 0 Å². The fourth-order valence-corrected chi connectivity index (χ4v) is 23.7. The van der Waals surface area contributed by atoms with E-state index in [1.807, 2.05) is 0 Å². The third kappa shape index (κ3) is 12.9. The van der Waals surface area contributed by atoms with Crippen LogP contribution in [0.15, 0.2) is 97.1 Å². The Morgan fingerprint density at radius 3 is 0.598 bits per heavy atom. The highest BCUT2D eigenvalue weighted by atomic mass is 35.5. The molecule has 4 aromatic rings. The number of hydrogen-bond donors (Lipinski definition) is 4. The Morgan fingerprint density at radius 1 is 0.268 bits per heavy atom. The molecule has 0 amide bonds. The molecule has 16 bridgehead atoms. The van der Waals surface area contributed by atoms with E-state index in [2.05, 4.69) is 118 Å². The Kier molecular flexibility index (Phi) is 18.5. The first-order chi connectivity index (χ1) is 37.6. The van der Waals surface area contributed by atoms with E-state index in [1.54, 1.807) is 0 Å². The zero-order chi connectivity index (χ0) is 50.8. The summed E-state index contributed by atoms with van der Waals surface area (Å²) in [5.41, 5.74) is 13.3. The quantitative estimate of drug-likeness (QED) is 0.0666. The van der Waals surface area contributed by atoms with Crippen molar-refractivity contribution in [2.24, 2.45) is 71.0 Å². The highest BCUT2D eigenvalue weighted by Gasteiger charge is 2.54. The predicted molar refractivity (Wildman–Crippen MR) is 341 cm³/mol. The number of hydrogen-bond acceptors (Lipinski definition) is 4. The Labute approximate surface area is 525 Å². The van der Waals surface area contributed by atoms with Crippen LogP contribution in [0.5, 0.6) is 0 Å². The van der Waals surface area contributed by atoms with E-state index in [1.165, 1.54) is 199 Å². The Morgan fingerprint density at radius 2 is 0.427 bits per heavy atom. The van der Waals surface area contributed by atoms with Gasteiger partial charge in [-0.25, -0.2) is 0 Å². The fourth-order valence-electron chi connectivity index (χ4n) is 23.7. The summed E-state index contributed by atoms with van der Waals surface area (Å²) in [6, 6.07) is 39.9. The van der Waals surface area contributed by atoms with Crippen molar-refractivity contribution in [2.45, 2.75) is 229 Å². The maximum Gasteiger partial charge on any atom is 0.105 e. The molecule has 0 atom stereocenters. The molecule has 0 unspecified atom stereocenters. The molecule has 0 saturated heterocycles. The van der Waals surface area contributed by atoms with E-state index in [9.17, 15) is 0 Å². The van der Waals surface area contributed by atoms with E-state index in [4.69, 9.17) is 0 Å². The van der Waals surface area contributed by atoms with Crippen molar-refractivity contribution in [3.8, 4) is 0 Å². The van der Waals surface area contributed by atoms with Gasteiger partial charge in [0.25, 0.3) is 0 Å². The highest BCUT2D eigenvalue weighted by molar-refractivity contribution is 5.86. The number of quaternary nitrogens is 1. The van der Waals surface area contributed by atoms with E-state index < -0.39 is 0 Å². The van der Waals surface area contributed by atoms with Gasteiger partial charge in [-0.1, -0.05) is 72.8 Å². The van der Waals surface area contributed by atoms with Crippen LogP contribution in [0.1, 0.15) is 199 Å².